The fourth-order valence-corrected chi connectivity index (χ4v) is 17.3. The topological polar surface area (TPSA) is 202 Å². The minimum Gasteiger partial charge on any atom is -0.424 e. The number of rotatable bonds is 30. The average Bonchev–Trinajstić information content (AvgIpc) is 0.798. The first-order chi connectivity index (χ1) is 71.4. The average molecular weight is 1930 g/mol. The van der Waals surface area contributed by atoms with Crippen LogP contribution in [0, 0.1) is 0 Å². The second kappa shape index (κ2) is 48.5. The van der Waals surface area contributed by atoms with Crippen molar-refractivity contribution < 1.29 is 14.2 Å². The second-order valence-electron chi connectivity index (χ2n) is 31.4. The zero-order valence-corrected chi connectivity index (χ0v) is 79.9. The molecule has 0 fully saturated rings. The third kappa shape index (κ3) is 25.4. The van der Waals surface area contributed by atoms with E-state index in [1.165, 1.54) is 35.3 Å². The molecule has 0 aliphatic heterocycles. The lowest BCUT2D eigenvalue weighted by Gasteiger charge is -2.27. The summed E-state index contributed by atoms with van der Waals surface area (Å²) >= 11 is 4.58. The van der Waals surface area contributed by atoms with Crippen molar-refractivity contribution in [3.8, 4) is 35.3 Å². The van der Waals surface area contributed by atoms with E-state index in [2.05, 4.69) is 139 Å². The molecule has 0 aliphatic carbocycles. The monoisotopic (exact) mass is 1930 g/mol. The molecule has 696 valence electrons. The van der Waals surface area contributed by atoms with Gasteiger partial charge in [0.2, 0.25) is 35.7 Å². The normalized spacial score (nSPS) is 10.6. The molecule has 18 aromatic carbocycles. The predicted octanol–water partition coefficient (Wildman–Crippen LogP) is 32.1. The van der Waals surface area contributed by atoms with E-state index in [4.69, 9.17) is 59.1 Å². The number of ether oxygens (including phenoxy) is 3. The highest BCUT2D eigenvalue weighted by Crippen LogP contribution is 2.44. The lowest BCUT2D eigenvalue weighted by molar-refractivity contribution is 0.398. The molecule has 0 amide bonds. The van der Waals surface area contributed by atoms with Crippen LogP contribution in [-0.2, 0) is 0 Å². The number of para-hydroxylation sites is 15. The summed E-state index contributed by atoms with van der Waals surface area (Å²) in [5.74, 6) is 4.76. The molecule has 0 radical (unpaired) electrons. The zero-order valence-electron chi connectivity index (χ0n) is 77.5. The fourth-order valence-electron chi connectivity index (χ4n) is 15.0. The Morgan fingerprint density at radius 2 is 0.257 bits per heavy atom. The highest BCUT2D eigenvalue weighted by atomic mass is 32.2. The first-order valence-electron chi connectivity index (χ1n) is 46.2. The molecule has 0 saturated carbocycles. The first-order valence-corrected chi connectivity index (χ1v) is 48.7. The molecule has 21 nitrogen and oxygen atoms in total. The quantitative estimate of drug-likeness (QED) is 0.0411. The molecule has 4 heterocycles. The van der Waals surface area contributed by atoms with Crippen molar-refractivity contribution >= 4 is 139 Å². The lowest BCUT2D eigenvalue weighted by atomic mass is 10.2. The number of aromatic nitrogens is 12. The van der Waals surface area contributed by atoms with Gasteiger partial charge in [0.15, 0.2) is 15.5 Å². The lowest BCUT2D eigenvalue weighted by Crippen LogP contribution is -2.19. The number of hydrogen-bond donors (Lipinski definition) is 0. The van der Waals surface area contributed by atoms with Gasteiger partial charge in [-0.2, -0.15) is 54.8 Å². The molecule has 0 bridgehead atoms. The van der Waals surface area contributed by atoms with Gasteiger partial charge in [0.1, 0.15) is 17.2 Å². The van der Waals surface area contributed by atoms with Crippen molar-refractivity contribution in [3.05, 3.63) is 546 Å². The van der Waals surface area contributed by atoms with Crippen LogP contribution in [0.5, 0.6) is 35.3 Å². The predicted molar refractivity (Wildman–Crippen MR) is 579 cm³/mol. The molecule has 0 unspecified atom stereocenters. The Balaban J connectivity index is 0.000000122. The van der Waals surface area contributed by atoms with Crippen molar-refractivity contribution in [2.75, 3.05) is 29.4 Å². The minimum atomic E-state index is 0.133. The maximum atomic E-state index is 6.19. The van der Waals surface area contributed by atoms with Gasteiger partial charge in [0, 0.05) is 82.9 Å². The van der Waals surface area contributed by atoms with E-state index < -0.39 is 0 Å². The highest BCUT2D eigenvalue weighted by molar-refractivity contribution is 8.00. The SMILES string of the molecule is c1ccc(Oc2nc(N(c3ccccc3)c3ccccc3)nc(N(c3ccccc3)c3ccccc3)n2)cc1.c1ccc(Oc2nc(Oc3ccccc3)nc(N(c3ccccc3)c3ccccc3)n2)cc1.c1ccc(Sc2nc(N(c3ccccc3)c3ccccc3)nc(N(c3ccccc3)c3ccccc3)n2)cc1.c1ccc(Sc2nc(Sc3ccccc3)nc(N(c3ccccc3)c3ccccc3)n2)cc1. The summed E-state index contributed by atoms with van der Waals surface area (Å²) in [7, 11) is 0. The van der Waals surface area contributed by atoms with Crippen LogP contribution >= 0.6 is 35.3 Å². The summed E-state index contributed by atoms with van der Waals surface area (Å²) in [4.78, 5) is 73.2. The largest absolute Gasteiger partial charge is 0.424 e. The number of nitrogens with zero attached hydrogens (tertiary/aromatic N) is 18. The first kappa shape index (κ1) is 94.2. The molecular weight excluding hydrogens is 1840 g/mol. The van der Waals surface area contributed by atoms with Crippen LogP contribution in [0.25, 0.3) is 0 Å². The molecule has 22 rings (SSSR count). The Bertz CT molecular complexity index is 6660. The Morgan fingerprint density at radius 1 is 0.125 bits per heavy atom. The van der Waals surface area contributed by atoms with Crippen LogP contribution < -0.4 is 43.6 Å². The summed E-state index contributed by atoms with van der Waals surface area (Å²) in [6.07, 6.45) is 0. The third-order valence-corrected chi connectivity index (χ3v) is 24.1. The van der Waals surface area contributed by atoms with E-state index in [9.17, 15) is 0 Å². The van der Waals surface area contributed by atoms with Crippen LogP contribution in [0.4, 0.5) is 104 Å². The van der Waals surface area contributed by atoms with Crippen molar-refractivity contribution in [2.24, 2.45) is 0 Å². The molecule has 0 aliphatic rings. The molecule has 4 aromatic heterocycles. The van der Waals surface area contributed by atoms with Gasteiger partial charge in [-0.3, -0.25) is 29.4 Å². The van der Waals surface area contributed by atoms with Gasteiger partial charge < -0.3 is 14.2 Å². The minimum absolute atomic E-state index is 0.133. The molecule has 22 aromatic rings. The van der Waals surface area contributed by atoms with Crippen LogP contribution in [0.15, 0.2) is 576 Å². The van der Waals surface area contributed by atoms with E-state index in [0.29, 0.717) is 68.4 Å². The van der Waals surface area contributed by atoms with E-state index in [-0.39, 0.29) is 18.0 Å². The van der Waals surface area contributed by atoms with Crippen LogP contribution in [0.2, 0.25) is 0 Å². The van der Waals surface area contributed by atoms with Crippen molar-refractivity contribution in [2.45, 2.75) is 30.2 Å². The van der Waals surface area contributed by atoms with Crippen molar-refractivity contribution in [1.29, 1.82) is 0 Å². The summed E-state index contributed by atoms with van der Waals surface area (Å²) in [5.41, 5.74) is 11.3. The van der Waals surface area contributed by atoms with Gasteiger partial charge >= 0.3 is 18.0 Å². The van der Waals surface area contributed by atoms with Gasteiger partial charge in [-0.15, -0.1) is 4.98 Å². The number of hydrogen-bond acceptors (Lipinski definition) is 24. The molecule has 0 spiro atoms. The molecular formula is C120H90N18O3S3. The fraction of sp³-hybridized carbons (Fsp3) is 0. The Labute approximate surface area is 848 Å². The molecule has 0 saturated heterocycles. The van der Waals surface area contributed by atoms with Crippen LogP contribution in [0.1, 0.15) is 0 Å². The van der Waals surface area contributed by atoms with E-state index in [1.807, 2.05) is 451 Å². The number of anilines is 18. The van der Waals surface area contributed by atoms with Gasteiger partial charge in [-0.1, -0.05) is 328 Å². The van der Waals surface area contributed by atoms with E-state index >= 15 is 0 Å². The second-order valence-corrected chi connectivity index (χ2v) is 34.5. The molecule has 0 N–H and O–H groups in total. The third-order valence-electron chi connectivity index (χ3n) is 21.4. The summed E-state index contributed by atoms with van der Waals surface area (Å²) in [6.45, 7) is 0. The molecule has 144 heavy (non-hydrogen) atoms. The Morgan fingerprint density at radius 3 is 0.438 bits per heavy atom. The van der Waals surface area contributed by atoms with Crippen molar-refractivity contribution in [1.82, 2.24) is 59.8 Å². The maximum absolute atomic E-state index is 6.19. The standard InChI is InChI=1S/C33H25N5O.C33H25N5S.C27H20N4O2.C27H20N4S2/c2*1-6-16-26(17-7-1)37(27-18-8-2-9-19-27)31-34-32(36-33(35-31)39-30-24-14-5-15-25-30)38(28-20-10-3-11-21-28)29-22-12-4-13-23-29;2*1-5-13-21(14-6-1)31(22-15-7-2-8-16-22)25-28-26(32-23-17-9-3-10-18-23)30-27(29-25)33-24-19-11-4-12-20-24/h2*1-25H;2*1-20H. The summed E-state index contributed by atoms with van der Waals surface area (Å²) in [5, 5.41) is 1.91. The van der Waals surface area contributed by atoms with E-state index in [0.717, 1.165) is 82.9 Å². The van der Waals surface area contributed by atoms with Gasteiger partial charge in [0.05, 0.1) is 0 Å². The van der Waals surface area contributed by atoms with Crippen LogP contribution in [0.3, 0.4) is 0 Å². The van der Waals surface area contributed by atoms with E-state index in [1.54, 1.807) is 0 Å². The smallest absolute Gasteiger partial charge is 0.330 e. The van der Waals surface area contributed by atoms with Crippen LogP contribution in [-0.4, -0.2) is 59.8 Å². The van der Waals surface area contributed by atoms with Gasteiger partial charge in [-0.05, 0) is 254 Å². The van der Waals surface area contributed by atoms with Gasteiger partial charge in [0.25, 0.3) is 0 Å². The maximum Gasteiger partial charge on any atom is 0.330 e. The van der Waals surface area contributed by atoms with Crippen molar-refractivity contribution in [3.63, 3.8) is 0 Å². The number of benzene rings is 18. The summed E-state index contributed by atoms with van der Waals surface area (Å²) < 4.78 is 18.1. The van der Waals surface area contributed by atoms with Gasteiger partial charge in [-0.25, -0.2) is 0 Å². The molecule has 24 heteroatoms. The Hall–Kier alpha value is -18.8. The highest BCUT2D eigenvalue weighted by Gasteiger charge is 2.28. The molecule has 0 atom stereocenters. The Kier molecular flexibility index (Phi) is 31.7. The summed E-state index contributed by atoms with van der Waals surface area (Å²) in [6, 6.07) is 180. The zero-order chi connectivity index (χ0) is 97.2.